The second-order valence-electron chi connectivity index (χ2n) is 5.68. The average molecular weight is 317 g/mol. The Morgan fingerprint density at radius 1 is 1.32 bits per heavy atom. The molecule has 22 heavy (non-hydrogen) atoms. The van der Waals surface area contributed by atoms with Crippen LogP contribution in [0.3, 0.4) is 0 Å². The molecule has 2 aromatic rings. The van der Waals surface area contributed by atoms with Gasteiger partial charge in [0.05, 0.1) is 12.3 Å². The van der Waals surface area contributed by atoms with Crippen molar-refractivity contribution in [3.8, 4) is 0 Å². The first-order valence-electron chi connectivity index (χ1n) is 7.34. The van der Waals surface area contributed by atoms with Gasteiger partial charge in [-0.2, -0.15) is 0 Å². The van der Waals surface area contributed by atoms with Crippen LogP contribution in [0.15, 0.2) is 53.1 Å². The first kappa shape index (κ1) is 15.0. The largest absolute Gasteiger partial charge is 0.469 e. The minimum Gasteiger partial charge on any atom is -0.469 e. The van der Waals surface area contributed by atoms with Gasteiger partial charge in [-0.15, -0.1) is 0 Å². The zero-order valence-corrected chi connectivity index (χ0v) is 13.2. The topological polar surface area (TPSA) is 59.3 Å². The van der Waals surface area contributed by atoms with Crippen molar-refractivity contribution < 1.29 is 13.4 Å². The molecule has 0 saturated heterocycles. The molecule has 1 aromatic carbocycles. The monoisotopic (exact) mass is 317 g/mol. The van der Waals surface area contributed by atoms with E-state index in [-0.39, 0.29) is 23.8 Å². The van der Waals surface area contributed by atoms with Crippen molar-refractivity contribution >= 4 is 16.7 Å². The summed E-state index contributed by atoms with van der Waals surface area (Å²) in [4.78, 5) is 12.4. The van der Waals surface area contributed by atoms with Crippen molar-refractivity contribution in [2.45, 2.75) is 18.4 Å². The van der Waals surface area contributed by atoms with Crippen LogP contribution in [-0.4, -0.2) is 22.1 Å². The summed E-state index contributed by atoms with van der Waals surface area (Å²) in [7, 11) is -0.977. The second kappa shape index (κ2) is 6.48. The number of furan rings is 1. The molecule has 4 nitrogen and oxygen atoms in total. The van der Waals surface area contributed by atoms with Crippen LogP contribution in [0.4, 0.5) is 0 Å². The molecule has 1 aliphatic carbocycles. The number of carbonyl (C=O) groups is 1. The molecule has 5 heteroatoms. The van der Waals surface area contributed by atoms with Crippen molar-refractivity contribution in [1.29, 1.82) is 0 Å². The lowest BCUT2D eigenvalue weighted by Gasteiger charge is -2.18. The zero-order valence-electron chi connectivity index (χ0n) is 12.4. The molecular weight excluding hydrogens is 298 g/mol. The third-order valence-electron chi connectivity index (χ3n) is 3.96. The molecular formula is C17H19NO3S. The van der Waals surface area contributed by atoms with Crippen LogP contribution in [0.25, 0.3) is 0 Å². The SMILES string of the molecule is CS(=O)CC(NC(=O)C1CC1c1ccco1)c1ccccc1. The van der Waals surface area contributed by atoms with Gasteiger partial charge in [0.25, 0.3) is 0 Å². The Hall–Kier alpha value is -1.88. The smallest absolute Gasteiger partial charge is 0.224 e. The van der Waals surface area contributed by atoms with Gasteiger partial charge in [0, 0.05) is 34.6 Å². The van der Waals surface area contributed by atoms with E-state index in [1.54, 1.807) is 12.5 Å². The highest BCUT2D eigenvalue weighted by Crippen LogP contribution is 2.47. The summed E-state index contributed by atoms with van der Waals surface area (Å²) in [6, 6.07) is 13.2. The van der Waals surface area contributed by atoms with Crippen molar-refractivity contribution in [3.63, 3.8) is 0 Å². The first-order valence-corrected chi connectivity index (χ1v) is 9.06. The van der Waals surface area contributed by atoms with Gasteiger partial charge in [-0.05, 0) is 24.1 Å². The van der Waals surface area contributed by atoms with Crippen molar-refractivity contribution in [2.24, 2.45) is 5.92 Å². The molecule has 0 radical (unpaired) electrons. The second-order valence-corrected chi connectivity index (χ2v) is 7.16. The van der Waals surface area contributed by atoms with Crippen LogP contribution in [0.2, 0.25) is 0 Å². The lowest BCUT2D eigenvalue weighted by atomic mass is 10.1. The quantitative estimate of drug-likeness (QED) is 0.891. The number of nitrogens with one attached hydrogen (secondary N) is 1. The van der Waals surface area contributed by atoms with E-state index in [4.69, 9.17) is 4.42 Å². The summed E-state index contributed by atoms with van der Waals surface area (Å²) in [6.45, 7) is 0. The fourth-order valence-electron chi connectivity index (χ4n) is 2.72. The summed E-state index contributed by atoms with van der Waals surface area (Å²) in [6.07, 6.45) is 4.11. The minimum absolute atomic E-state index is 0.0145. The third kappa shape index (κ3) is 3.47. The average Bonchev–Trinajstić information content (AvgIpc) is 3.13. The van der Waals surface area contributed by atoms with E-state index in [1.807, 2.05) is 42.5 Å². The number of carbonyl (C=O) groups excluding carboxylic acids is 1. The summed E-state index contributed by atoms with van der Waals surface area (Å²) in [5.74, 6) is 1.45. The summed E-state index contributed by atoms with van der Waals surface area (Å²) >= 11 is 0. The third-order valence-corrected chi connectivity index (χ3v) is 4.76. The molecule has 116 valence electrons. The van der Waals surface area contributed by atoms with Crippen LogP contribution < -0.4 is 5.32 Å². The molecule has 0 bridgehead atoms. The van der Waals surface area contributed by atoms with E-state index in [0.29, 0.717) is 5.75 Å². The molecule has 1 amide bonds. The predicted octanol–water partition coefficient (Wildman–Crippen LogP) is 2.62. The molecule has 4 unspecified atom stereocenters. The zero-order chi connectivity index (χ0) is 15.5. The van der Waals surface area contributed by atoms with Gasteiger partial charge < -0.3 is 9.73 Å². The maximum atomic E-state index is 12.4. The Kier molecular flexibility index (Phi) is 4.43. The van der Waals surface area contributed by atoms with Gasteiger partial charge in [0.15, 0.2) is 0 Å². The molecule has 1 saturated carbocycles. The van der Waals surface area contributed by atoms with Crippen molar-refractivity contribution in [3.05, 3.63) is 60.1 Å². The lowest BCUT2D eigenvalue weighted by molar-refractivity contribution is -0.123. The number of benzene rings is 1. The van der Waals surface area contributed by atoms with Gasteiger partial charge in [-0.1, -0.05) is 30.3 Å². The highest BCUT2D eigenvalue weighted by Gasteiger charge is 2.46. The standard InChI is InChI=1S/C17H19NO3S/c1-22(20)11-15(12-6-3-2-4-7-12)18-17(19)14-10-13(14)16-8-5-9-21-16/h2-9,13-15H,10-11H2,1H3,(H,18,19). The highest BCUT2D eigenvalue weighted by molar-refractivity contribution is 7.84. The summed E-state index contributed by atoms with van der Waals surface area (Å²) < 4.78 is 17.0. The van der Waals surface area contributed by atoms with E-state index in [0.717, 1.165) is 17.7 Å². The molecule has 0 aliphatic heterocycles. The molecule has 1 N–H and O–H groups in total. The Bertz CT molecular complexity index is 654. The predicted molar refractivity (Wildman–Crippen MR) is 85.8 cm³/mol. The minimum atomic E-state index is -0.977. The maximum absolute atomic E-state index is 12.4. The Labute approximate surface area is 132 Å². The normalized spacial score (nSPS) is 22.8. The fourth-order valence-corrected chi connectivity index (χ4v) is 3.47. The van der Waals surface area contributed by atoms with Gasteiger partial charge in [-0.25, -0.2) is 0 Å². The van der Waals surface area contributed by atoms with Gasteiger partial charge in [0.1, 0.15) is 5.76 Å². The van der Waals surface area contributed by atoms with Crippen molar-refractivity contribution in [2.75, 3.05) is 12.0 Å². The highest BCUT2D eigenvalue weighted by atomic mass is 32.2. The molecule has 1 heterocycles. The Morgan fingerprint density at radius 3 is 2.73 bits per heavy atom. The molecule has 1 fully saturated rings. The van der Waals surface area contributed by atoms with E-state index in [9.17, 15) is 9.00 Å². The summed E-state index contributed by atoms with van der Waals surface area (Å²) in [5.41, 5.74) is 0.987. The Morgan fingerprint density at radius 2 is 2.09 bits per heavy atom. The molecule has 1 aromatic heterocycles. The van der Waals surface area contributed by atoms with Crippen LogP contribution in [0, 0.1) is 5.92 Å². The van der Waals surface area contributed by atoms with E-state index >= 15 is 0 Å². The van der Waals surface area contributed by atoms with Crippen LogP contribution in [0.1, 0.15) is 29.7 Å². The number of rotatable bonds is 6. The van der Waals surface area contributed by atoms with Gasteiger partial charge in [-0.3, -0.25) is 9.00 Å². The van der Waals surface area contributed by atoms with Crippen LogP contribution in [-0.2, 0) is 15.6 Å². The summed E-state index contributed by atoms with van der Waals surface area (Å²) in [5, 5.41) is 3.04. The van der Waals surface area contributed by atoms with Crippen LogP contribution >= 0.6 is 0 Å². The van der Waals surface area contributed by atoms with Crippen LogP contribution in [0.5, 0.6) is 0 Å². The molecule has 4 atom stereocenters. The van der Waals surface area contributed by atoms with E-state index in [2.05, 4.69) is 5.32 Å². The van der Waals surface area contributed by atoms with Gasteiger partial charge >= 0.3 is 0 Å². The van der Waals surface area contributed by atoms with E-state index in [1.165, 1.54) is 0 Å². The molecule has 0 spiro atoms. The van der Waals surface area contributed by atoms with Gasteiger partial charge in [0.2, 0.25) is 5.91 Å². The van der Waals surface area contributed by atoms with E-state index < -0.39 is 10.8 Å². The lowest BCUT2D eigenvalue weighted by Crippen LogP contribution is -2.33. The molecule has 3 rings (SSSR count). The Balaban J connectivity index is 1.66. The van der Waals surface area contributed by atoms with Crippen molar-refractivity contribution in [1.82, 2.24) is 5.32 Å². The first-order chi connectivity index (χ1) is 10.6. The number of hydrogen-bond acceptors (Lipinski definition) is 3. The maximum Gasteiger partial charge on any atom is 0.224 e. The number of hydrogen-bond donors (Lipinski definition) is 1. The molecule has 1 aliphatic rings. The number of amides is 1. The fraction of sp³-hybridized carbons (Fsp3) is 0.353.